The van der Waals surface area contributed by atoms with Crippen LogP contribution in [0.1, 0.15) is 34.6 Å². The summed E-state index contributed by atoms with van der Waals surface area (Å²) in [6, 6.07) is 0. The van der Waals surface area contributed by atoms with Crippen LogP contribution >= 0.6 is 0 Å². The van der Waals surface area contributed by atoms with E-state index in [4.69, 9.17) is 4.74 Å². The standard InChI is InChI=1S/C11H19NO2/c1-7-8(2)10(14-6)12(9(7)13)11(3,4)5/h10H,1-6H3. The van der Waals surface area contributed by atoms with Crippen molar-refractivity contribution < 1.29 is 9.53 Å². The zero-order valence-electron chi connectivity index (χ0n) is 9.84. The van der Waals surface area contributed by atoms with Crippen LogP contribution in [0.25, 0.3) is 0 Å². The zero-order valence-corrected chi connectivity index (χ0v) is 9.84. The van der Waals surface area contributed by atoms with Crippen molar-refractivity contribution >= 4 is 5.91 Å². The highest BCUT2D eigenvalue weighted by Crippen LogP contribution is 2.31. The summed E-state index contributed by atoms with van der Waals surface area (Å²) in [7, 11) is 1.64. The van der Waals surface area contributed by atoms with Gasteiger partial charge in [0, 0.05) is 18.2 Å². The van der Waals surface area contributed by atoms with Crippen LogP contribution in [0.3, 0.4) is 0 Å². The van der Waals surface area contributed by atoms with Gasteiger partial charge in [-0.15, -0.1) is 0 Å². The molecule has 3 heteroatoms. The Balaban J connectivity index is 3.08. The molecule has 1 aliphatic heterocycles. The molecule has 0 N–H and O–H groups in total. The number of rotatable bonds is 1. The molecule has 1 atom stereocenters. The Morgan fingerprint density at radius 1 is 1.29 bits per heavy atom. The Kier molecular flexibility index (Phi) is 2.72. The second-order valence-electron chi connectivity index (χ2n) is 4.74. The van der Waals surface area contributed by atoms with Crippen LogP contribution in [0.5, 0.6) is 0 Å². The second kappa shape index (κ2) is 3.39. The first-order valence-electron chi connectivity index (χ1n) is 4.84. The topological polar surface area (TPSA) is 29.5 Å². The predicted molar refractivity (Wildman–Crippen MR) is 55.8 cm³/mol. The van der Waals surface area contributed by atoms with Crippen molar-refractivity contribution in [3.8, 4) is 0 Å². The number of ether oxygens (including phenoxy) is 1. The monoisotopic (exact) mass is 197 g/mol. The Bertz CT molecular complexity index is 286. The Hall–Kier alpha value is -0.830. The number of nitrogens with zero attached hydrogens (tertiary/aromatic N) is 1. The molecule has 0 aromatic heterocycles. The summed E-state index contributed by atoms with van der Waals surface area (Å²) >= 11 is 0. The van der Waals surface area contributed by atoms with E-state index in [2.05, 4.69) is 0 Å². The molecular formula is C11H19NO2. The van der Waals surface area contributed by atoms with Crippen molar-refractivity contribution in [3.63, 3.8) is 0 Å². The van der Waals surface area contributed by atoms with Crippen LogP contribution in [0.15, 0.2) is 11.1 Å². The minimum atomic E-state index is -0.198. The van der Waals surface area contributed by atoms with Gasteiger partial charge in [0.25, 0.3) is 5.91 Å². The fourth-order valence-corrected chi connectivity index (χ4v) is 1.77. The van der Waals surface area contributed by atoms with E-state index in [9.17, 15) is 4.79 Å². The largest absolute Gasteiger partial charge is 0.357 e. The lowest BCUT2D eigenvalue weighted by Crippen LogP contribution is -2.49. The third-order valence-electron chi connectivity index (χ3n) is 2.68. The third kappa shape index (κ3) is 1.57. The molecule has 0 saturated heterocycles. The summed E-state index contributed by atoms with van der Waals surface area (Å²) < 4.78 is 5.35. The molecule has 0 fully saturated rings. The Labute approximate surface area is 85.7 Å². The van der Waals surface area contributed by atoms with Gasteiger partial charge in [-0.1, -0.05) is 0 Å². The molecule has 3 nitrogen and oxygen atoms in total. The number of amides is 1. The molecule has 1 heterocycles. The molecule has 80 valence electrons. The lowest BCUT2D eigenvalue weighted by molar-refractivity contribution is -0.141. The number of hydrogen-bond acceptors (Lipinski definition) is 2. The van der Waals surface area contributed by atoms with Crippen LogP contribution in [-0.2, 0) is 9.53 Å². The molecule has 1 aliphatic rings. The third-order valence-corrected chi connectivity index (χ3v) is 2.68. The first-order valence-corrected chi connectivity index (χ1v) is 4.84. The molecule has 0 radical (unpaired) electrons. The van der Waals surface area contributed by atoms with Crippen molar-refractivity contribution in [2.24, 2.45) is 0 Å². The summed E-state index contributed by atoms with van der Waals surface area (Å²) in [4.78, 5) is 13.7. The Morgan fingerprint density at radius 2 is 1.79 bits per heavy atom. The van der Waals surface area contributed by atoms with Crippen molar-refractivity contribution in [2.45, 2.75) is 46.4 Å². The number of carbonyl (C=O) groups is 1. The smallest absolute Gasteiger partial charge is 0.252 e. The fraction of sp³-hybridized carbons (Fsp3) is 0.727. The van der Waals surface area contributed by atoms with Crippen LogP contribution in [0, 0.1) is 0 Å². The van der Waals surface area contributed by atoms with Gasteiger partial charge in [0.1, 0.15) is 0 Å². The molecule has 0 aliphatic carbocycles. The maximum absolute atomic E-state index is 11.9. The van der Waals surface area contributed by atoms with Gasteiger partial charge in [0.15, 0.2) is 6.23 Å². The normalized spacial score (nSPS) is 23.7. The van der Waals surface area contributed by atoms with E-state index in [1.807, 2.05) is 34.6 Å². The van der Waals surface area contributed by atoms with Gasteiger partial charge >= 0.3 is 0 Å². The van der Waals surface area contributed by atoms with E-state index in [1.165, 1.54) is 0 Å². The lowest BCUT2D eigenvalue weighted by Gasteiger charge is -2.37. The minimum Gasteiger partial charge on any atom is -0.357 e. The van der Waals surface area contributed by atoms with Gasteiger partial charge in [0.05, 0.1) is 0 Å². The van der Waals surface area contributed by atoms with Crippen LogP contribution < -0.4 is 0 Å². The molecule has 0 spiro atoms. The molecular weight excluding hydrogens is 178 g/mol. The highest BCUT2D eigenvalue weighted by Gasteiger charge is 2.40. The van der Waals surface area contributed by atoms with Crippen molar-refractivity contribution in [2.75, 3.05) is 7.11 Å². The molecule has 1 amide bonds. The molecule has 0 saturated carbocycles. The maximum Gasteiger partial charge on any atom is 0.252 e. The average molecular weight is 197 g/mol. The lowest BCUT2D eigenvalue weighted by atomic mass is 10.1. The first-order chi connectivity index (χ1) is 6.30. The van der Waals surface area contributed by atoms with E-state index >= 15 is 0 Å². The van der Waals surface area contributed by atoms with Crippen molar-refractivity contribution in [3.05, 3.63) is 11.1 Å². The van der Waals surface area contributed by atoms with Crippen LogP contribution in [0.2, 0.25) is 0 Å². The van der Waals surface area contributed by atoms with Gasteiger partial charge in [-0.05, 0) is 40.2 Å². The van der Waals surface area contributed by atoms with Gasteiger partial charge in [-0.2, -0.15) is 0 Å². The van der Waals surface area contributed by atoms with Gasteiger partial charge < -0.3 is 9.64 Å². The van der Waals surface area contributed by atoms with E-state index in [-0.39, 0.29) is 17.7 Å². The van der Waals surface area contributed by atoms with Gasteiger partial charge in [-0.3, -0.25) is 4.79 Å². The SMILES string of the molecule is COC1C(C)=C(C)C(=O)N1C(C)(C)C. The molecule has 1 unspecified atom stereocenters. The van der Waals surface area contributed by atoms with Crippen molar-refractivity contribution in [1.29, 1.82) is 0 Å². The maximum atomic E-state index is 11.9. The summed E-state index contributed by atoms with van der Waals surface area (Å²) in [5.74, 6) is 0.0850. The summed E-state index contributed by atoms with van der Waals surface area (Å²) in [6.45, 7) is 9.86. The van der Waals surface area contributed by atoms with E-state index in [0.717, 1.165) is 11.1 Å². The molecule has 0 aromatic rings. The minimum absolute atomic E-state index is 0.0850. The summed E-state index contributed by atoms with van der Waals surface area (Å²) in [5, 5.41) is 0. The van der Waals surface area contributed by atoms with Crippen LogP contribution in [0.4, 0.5) is 0 Å². The quantitative estimate of drug-likeness (QED) is 0.643. The van der Waals surface area contributed by atoms with E-state index < -0.39 is 0 Å². The highest BCUT2D eigenvalue weighted by atomic mass is 16.5. The molecule has 14 heavy (non-hydrogen) atoms. The number of carbonyl (C=O) groups excluding carboxylic acids is 1. The first kappa shape index (κ1) is 11.2. The van der Waals surface area contributed by atoms with Crippen molar-refractivity contribution in [1.82, 2.24) is 4.90 Å². The second-order valence-corrected chi connectivity index (χ2v) is 4.74. The zero-order chi connectivity index (χ0) is 11.1. The summed E-state index contributed by atoms with van der Waals surface area (Å²) in [5.41, 5.74) is 1.63. The fourth-order valence-electron chi connectivity index (χ4n) is 1.77. The average Bonchev–Trinajstić information content (AvgIpc) is 2.28. The molecule has 0 bridgehead atoms. The van der Waals surface area contributed by atoms with Gasteiger partial charge in [-0.25, -0.2) is 0 Å². The van der Waals surface area contributed by atoms with E-state index in [1.54, 1.807) is 12.0 Å². The highest BCUT2D eigenvalue weighted by molar-refractivity contribution is 5.97. The molecule has 0 aromatic carbocycles. The van der Waals surface area contributed by atoms with Crippen LogP contribution in [-0.4, -0.2) is 29.7 Å². The summed E-state index contributed by atoms with van der Waals surface area (Å²) in [6.07, 6.45) is -0.192. The van der Waals surface area contributed by atoms with Gasteiger partial charge in [0.2, 0.25) is 0 Å². The number of methoxy groups -OCH3 is 1. The number of hydrogen-bond donors (Lipinski definition) is 0. The van der Waals surface area contributed by atoms with E-state index in [0.29, 0.717) is 0 Å². The predicted octanol–water partition coefficient (Wildman–Crippen LogP) is 1.94. The molecule has 1 rings (SSSR count). The Morgan fingerprint density at radius 3 is 2.07 bits per heavy atom.